The third-order valence-corrected chi connectivity index (χ3v) is 3.43. The molecule has 0 bridgehead atoms. The largest absolute Gasteiger partial charge is 0.380 e. The molecule has 112 valence electrons. The van der Waals surface area contributed by atoms with E-state index in [0.717, 1.165) is 44.1 Å². The monoisotopic (exact) mass is 280 g/mol. The third-order valence-electron chi connectivity index (χ3n) is 3.43. The van der Waals surface area contributed by atoms with E-state index in [1.807, 2.05) is 6.07 Å². The van der Waals surface area contributed by atoms with Gasteiger partial charge in [0.1, 0.15) is 18.2 Å². The van der Waals surface area contributed by atoms with Gasteiger partial charge in [0.25, 0.3) is 0 Å². The van der Waals surface area contributed by atoms with Gasteiger partial charge in [-0.2, -0.15) is 0 Å². The van der Waals surface area contributed by atoms with E-state index in [4.69, 9.17) is 9.47 Å². The molecule has 1 unspecified atom stereocenters. The number of methoxy groups -OCH3 is 2. The van der Waals surface area contributed by atoms with Crippen LogP contribution in [-0.2, 0) is 16.1 Å². The van der Waals surface area contributed by atoms with Gasteiger partial charge in [0.2, 0.25) is 0 Å². The fourth-order valence-electron chi connectivity index (χ4n) is 2.45. The molecule has 6 nitrogen and oxygen atoms in total. The Labute approximate surface area is 120 Å². The van der Waals surface area contributed by atoms with Gasteiger partial charge in [0.05, 0.1) is 6.10 Å². The van der Waals surface area contributed by atoms with E-state index in [1.54, 1.807) is 14.2 Å². The summed E-state index contributed by atoms with van der Waals surface area (Å²) >= 11 is 0. The molecule has 1 N–H and O–H groups in total. The highest BCUT2D eigenvalue weighted by atomic mass is 16.5. The van der Waals surface area contributed by atoms with Crippen LogP contribution in [0.1, 0.15) is 25.6 Å². The Balaban J connectivity index is 2.19. The predicted octanol–water partition coefficient (Wildman–Crippen LogP) is 1.67. The molecule has 1 aliphatic rings. The van der Waals surface area contributed by atoms with Crippen molar-refractivity contribution in [2.75, 3.05) is 44.1 Å². The first-order valence-corrected chi connectivity index (χ1v) is 7.15. The molecule has 0 spiro atoms. The van der Waals surface area contributed by atoms with Gasteiger partial charge >= 0.3 is 0 Å². The number of anilines is 2. The summed E-state index contributed by atoms with van der Waals surface area (Å²) in [6.45, 7) is 5.21. The zero-order chi connectivity index (χ0) is 14.4. The van der Waals surface area contributed by atoms with E-state index in [2.05, 4.69) is 27.1 Å². The summed E-state index contributed by atoms with van der Waals surface area (Å²) < 4.78 is 10.6. The minimum atomic E-state index is 0.284. The van der Waals surface area contributed by atoms with Crippen molar-refractivity contribution in [1.29, 1.82) is 0 Å². The van der Waals surface area contributed by atoms with Crippen molar-refractivity contribution in [2.24, 2.45) is 0 Å². The summed E-state index contributed by atoms with van der Waals surface area (Å²) in [6.07, 6.45) is 2.52. The van der Waals surface area contributed by atoms with Crippen LogP contribution in [0.4, 0.5) is 11.6 Å². The Kier molecular flexibility index (Phi) is 5.55. The number of aromatic nitrogens is 2. The van der Waals surface area contributed by atoms with Crippen molar-refractivity contribution >= 4 is 11.6 Å². The molecule has 2 heterocycles. The van der Waals surface area contributed by atoms with Gasteiger partial charge in [-0.1, -0.05) is 0 Å². The van der Waals surface area contributed by atoms with Crippen LogP contribution in [-0.4, -0.2) is 49.9 Å². The zero-order valence-corrected chi connectivity index (χ0v) is 12.6. The molecule has 1 aromatic rings. The molecule has 1 fully saturated rings. The Hall–Kier alpha value is -1.40. The molecule has 1 atom stereocenters. The Morgan fingerprint density at radius 3 is 2.95 bits per heavy atom. The van der Waals surface area contributed by atoms with E-state index < -0.39 is 0 Å². The predicted molar refractivity (Wildman–Crippen MR) is 79.2 cm³/mol. The van der Waals surface area contributed by atoms with Gasteiger partial charge in [-0.25, -0.2) is 9.97 Å². The van der Waals surface area contributed by atoms with Gasteiger partial charge in [0, 0.05) is 39.9 Å². The Morgan fingerprint density at radius 1 is 1.40 bits per heavy atom. The van der Waals surface area contributed by atoms with Crippen molar-refractivity contribution in [3.63, 3.8) is 0 Å². The second-order valence-electron chi connectivity index (χ2n) is 4.94. The Morgan fingerprint density at radius 2 is 2.25 bits per heavy atom. The van der Waals surface area contributed by atoms with Gasteiger partial charge < -0.3 is 19.7 Å². The van der Waals surface area contributed by atoms with Crippen molar-refractivity contribution in [3.05, 3.63) is 11.9 Å². The highest BCUT2D eigenvalue weighted by molar-refractivity contribution is 5.49. The van der Waals surface area contributed by atoms with Crippen LogP contribution in [0.3, 0.4) is 0 Å². The van der Waals surface area contributed by atoms with E-state index in [0.29, 0.717) is 12.4 Å². The smallest absolute Gasteiger partial charge is 0.158 e. The van der Waals surface area contributed by atoms with Crippen LogP contribution in [0.25, 0.3) is 0 Å². The van der Waals surface area contributed by atoms with Crippen LogP contribution in [0, 0.1) is 0 Å². The number of nitrogens with one attached hydrogen (secondary N) is 1. The van der Waals surface area contributed by atoms with Crippen LogP contribution >= 0.6 is 0 Å². The minimum absolute atomic E-state index is 0.284. The molecule has 1 aromatic heterocycles. The van der Waals surface area contributed by atoms with Crippen LogP contribution in [0.2, 0.25) is 0 Å². The summed E-state index contributed by atoms with van der Waals surface area (Å²) in [5, 5.41) is 3.25. The molecule has 6 heteroatoms. The second-order valence-corrected chi connectivity index (χ2v) is 4.94. The fourth-order valence-corrected chi connectivity index (χ4v) is 2.45. The maximum absolute atomic E-state index is 5.47. The number of nitrogens with zero attached hydrogens (tertiary/aromatic N) is 3. The molecular formula is C14H24N4O2. The summed E-state index contributed by atoms with van der Waals surface area (Å²) in [7, 11) is 3.43. The molecule has 0 saturated carbocycles. The minimum Gasteiger partial charge on any atom is -0.380 e. The average molecular weight is 280 g/mol. The summed E-state index contributed by atoms with van der Waals surface area (Å²) in [5.74, 6) is 2.51. The van der Waals surface area contributed by atoms with Crippen molar-refractivity contribution < 1.29 is 9.47 Å². The Bertz CT molecular complexity index is 403. The van der Waals surface area contributed by atoms with E-state index in [9.17, 15) is 0 Å². The molecule has 0 amide bonds. The maximum Gasteiger partial charge on any atom is 0.158 e. The van der Waals surface area contributed by atoms with Crippen molar-refractivity contribution in [1.82, 2.24) is 9.97 Å². The zero-order valence-electron chi connectivity index (χ0n) is 12.6. The van der Waals surface area contributed by atoms with Crippen molar-refractivity contribution in [3.8, 4) is 0 Å². The number of rotatable bonds is 6. The van der Waals surface area contributed by atoms with Crippen LogP contribution < -0.4 is 10.2 Å². The molecule has 1 aliphatic heterocycles. The lowest BCUT2D eigenvalue weighted by atomic mass is 10.1. The van der Waals surface area contributed by atoms with Gasteiger partial charge in [-0.05, 0) is 19.8 Å². The molecule has 1 saturated heterocycles. The van der Waals surface area contributed by atoms with Crippen molar-refractivity contribution in [2.45, 2.75) is 32.5 Å². The highest BCUT2D eigenvalue weighted by Crippen LogP contribution is 2.21. The molecule has 2 rings (SSSR count). The summed E-state index contributed by atoms with van der Waals surface area (Å²) in [6, 6.07) is 2.00. The first-order chi connectivity index (χ1) is 9.76. The number of piperidine rings is 1. The lowest BCUT2D eigenvalue weighted by Crippen LogP contribution is -2.39. The summed E-state index contributed by atoms with van der Waals surface area (Å²) in [4.78, 5) is 11.3. The first-order valence-electron chi connectivity index (χ1n) is 7.15. The van der Waals surface area contributed by atoms with E-state index in [-0.39, 0.29) is 6.10 Å². The van der Waals surface area contributed by atoms with Crippen LogP contribution in [0.15, 0.2) is 6.07 Å². The fraction of sp³-hybridized carbons (Fsp3) is 0.714. The maximum atomic E-state index is 5.47. The van der Waals surface area contributed by atoms with Gasteiger partial charge in [-0.3, -0.25) is 0 Å². The normalized spacial score (nSPS) is 19.1. The SMILES string of the molecule is CCNc1cc(N2CCCC(OC)C2)nc(COC)n1. The summed E-state index contributed by atoms with van der Waals surface area (Å²) in [5.41, 5.74) is 0. The van der Waals surface area contributed by atoms with Crippen LogP contribution in [0.5, 0.6) is 0 Å². The lowest BCUT2D eigenvalue weighted by Gasteiger charge is -2.33. The highest BCUT2D eigenvalue weighted by Gasteiger charge is 2.21. The molecular weight excluding hydrogens is 256 g/mol. The topological polar surface area (TPSA) is 59.5 Å². The molecule has 0 aliphatic carbocycles. The number of hydrogen-bond donors (Lipinski definition) is 1. The molecule has 0 aromatic carbocycles. The standard InChI is InChI=1S/C14H24N4O2/c1-4-15-12-8-14(17-13(16-12)10-19-2)18-7-5-6-11(9-18)20-3/h8,11H,4-7,9-10H2,1-3H3,(H,15,16,17). The van der Waals surface area contributed by atoms with Gasteiger partial charge in [-0.15, -0.1) is 0 Å². The number of ether oxygens (including phenoxy) is 2. The molecule has 0 radical (unpaired) electrons. The third kappa shape index (κ3) is 3.80. The number of hydrogen-bond acceptors (Lipinski definition) is 6. The second kappa shape index (κ2) is 7.40. The first kappa shape index (κ1) is 15.0. The van der Waals surface area contributed by atoms with E-state index >= 15 is 0 Å². The quantitative estimate of drug-likeness (QED) is 0.855. The van der Waals surface area contributed by atoms with E-state index in [1.165, 1.54) is 0 Å². The van der Waals surface area contributed by atoms with Gasteiger partial charge in [0.15, 0.2) is 5.82 Å². The molecule has 20 heavy (non-hydrogen) atoms. The lowest BCUT2D eigenvalue weighted by molar-refractivity contribution is 0.0891. The average Bonchev–Trinajstić information content (AvgIpc) is 2.48.